The van der Waals surface area contributed by atoms with Gasteiger partial charge in [-0.15, -0.1) is 0 Å². The normalized spacial score (nSPS) is 11.7. The first-order chi connectivity index (χ1) is 12.0. The molecule has 0 atom stereocenters. The van der Waals surface area contributed by atoms with Gasteiger partial charge in [0.25, 0.3) is 0 Å². The van der Waals surface area contributed by atoms with Gasteiger partial charge in [-0.25, -0.2) is 0 Å². The van der Waals surface area contributed by atoms with E-state index in [2.05, 4.69) is 22.9 Å². The molecule has 0 amide bonds. The summed E-state index contributed by atoms with van der Waals surface area (Å²) in [6.45, 7) is 6.76. The van der Waals surface area contributed by atoms with Gasteiger partial charge >= 0.3 is 5.97 Å². The molecule has 0 radical (unpaired) electrons. The van der Waals surface area contributed by atoms with E-state index in [0.29, 0.717) is 11.9 Å². The van der Waals surface area contributed by atoms with E-state index in [1.54, 1.807) is 0 Å². The molecule has 3 heteroatoms. The van der Waals surface area contributed by atoms with Crippen LogP contribution in [0.5, 0.6) is 0 Å². The van der Waals surface area contributed by atoms with Gasteiger partial charge in [0.2, 0.25) is 0 Å². The van der Waals surface area contributed by atoms with E-state index in [9.17, 15) is 4.79 Å². The highest BCUT2D eigenvalue weighted by Gasteiger charge is 2.28. The number of halogens is 1. The highest BCUT2D eigenvalue weighted by atomic mass is 79.9. The standard InChI is InChI=1S/C22H43BrO2/c1-4-5-6-7-8-9-10-11-12-13-14-15-16-17-18-22(2,3)21(24)25-20-19-23/h4-20H2,1-3H3. The number of carbonyl (C=O) groups is 1. The second-order valence-corrected chi connectivity index (χ2v) is 8.85. The minimum absolute atomic E-state index is 0.0540. The van der Waals surface area contributed by atoms with Gasteiger partial charge < -0.3 is 4.74 Å². The first-order valence-corrected chi connectivity index (χ1v) is 11.9. The van der Waals surface area contributed by atoms with Gasteiger partial charge in [0.05, 0.1) is 5.41 Å². The highest BCUT2D eigenvalue weighted by molar-refractivity contribution is 9.09. The van der Waals surface area contributed by atoms with Crippen molar-refractivity contribution in [3.05, 3.63) is 0 Å². The fraction of sp³-hybridized carbons (Fsp3) is 0.955. The van der Waals surface area contributed by atoms with Crippen molar-refractivity contribution in [2.24, 2.45) is 5.41 Å². The van der Waals surface area contributed by atoms with Crippen LogP contribution in [-0.2, 0) is 9.53 Å². The van der Waals surface area contributed by atoms with Crippen LogP contribution in [0, 0.1) is 5.41 Å². The van der Waals surface area contributed by atoms with Crippen molar-refractivity contribution in [1.29, 1.82) is 0 Å². The number of esters is 1. The maximum Gasteiger partial charge on any atom is 0.311 e. The first-order valence-electron chi connectivity index (χ1n) is 10.8. The Morgan fingerprint density at radius 1 is 0.760 bits per heavy atom. The zero-order valence-electron chi connectivity index (χ0n) is 17.2. The molecule has 0 fully saturated rings. The number of rotatable bonds is 18. The van der Waals surface area contributed by atoms with E-state index in [4.69, 9.17) is 4.74 Å². The molecule has 2 nitrogen and oxygen atoms in total. The molecule has 0 aromatic rings. The number of unbranched alkanes of at least 4 members (excludes halogenated alkanes) is 13. The number of hydrogen-bond acceptors (Lipinski definition) is 2. The van der Waals surface area contributed by atoms with Crippen LogP contribution < -0.4 is 0 Å². The fourth-order valence-corrected chi connectivity index (χ4v) is 3.35. The summed E-state index contributed by atoms with van der Waals surface area (Å²) < 4.78 is 5.24. The summed E-state index contributed by atoms with van der Waals surface area (Å²) in [6.07, 6.45) is 20.1. The van der Waals surface area contributed by atoms with Gasteiger partial charge in [-0.3, -0.25) is 4.79 Å². The van der Waals surface area contributed by atoms with Crippen LogP contribution in [-0.4, -0.2) is 17.9 Å². The smallest absolute Gasteiger partial charge is 0.311 e. The Morgan fingerprint density at radius 3 is 1.56 bits per heavy atom. The summed E-state index contributed by atoms with van der Waals surface area (Å²) in [5, 5.41) is 0.716. The Hall–Kier alpha value is -0.0500. The summed E-state index contributed by atoms with van der Waals surface area (Å²) in [7, 11) is 0. The maximum atomic E-state index is 11.9. The Kier molecular flexibility index (Phi) is 17.3. The lowest BCUT2D eigenvalue weighted by Gasteiger charge is -2.22. The third-order valence-corrected chi connectivity index (χ3v) is 5.34. The van der Waals surface area contributed by atoms with E-state index in [0.717, 1.165) is 12.8 Å². The zero-order valence-corrected chi connectivity index (χ0v) is 18.8. The first kappa shape index (κ1) is 24.9. The second-order valence-electron chi connectivity index (χ2n) is 8.05. The van der Waals surface area contributed by atoms with Crippen molar-refractivity contribution in [3.8, 4) is 0 Å². The lowest BCUT2D eigenvalue weighted by Crippen LogP contribution is -2.27. The van der Waals surface area contributed by atoms with Gasteiger partial charge in [-0.05, 0) is 20.3 Å². The lowest BCUT2D eigenvalue weighted by atomic mass is 9.87. The summed E-state index contributed by atoms with van der Waals surface area (Å²) in [5.41, 5.74) is -0.334. The van der Waals surface area contributed by atoms with Crippen molar-refractivity contribution in [1.82, 2.24) is 0 Å². The van der Waals surface area contributed by atoms with E-state index >= 15 is 0 Å². The van der Waals surface area contributed by atoms with Crippen LogP contribution in [0.4, 0.5) is 0 Å². The molecular weight excluding hydrogens is 376 g/mol. The SMILES string of the molecule is CCCCCCCCCCCCCCCCC(C)(C)C(=O)OCCBr. The third kappa shape index (κ3) is 15.9. The van der Waals surface area contributed by atoms with Gasteiger partial charge in [0, 0.05) is 5.33 Å². The Labute approximate surface area is 166 Å². The molecule has 0 spiro atoms. The summed E-state index contributed by atoms with van der Waals surface area (Å²) >= 11 is 3.29. The van der Waals surface area contributed by atoms with E-state index in [1.165, 1.54) is 83.5 Å². The Morgan fingerprint density at radius 2 is 1.16 bits per heavy atom. The summed E-state index contributed by atoms with van der Waals surface area (Å²) in [4.78, 5) is 11.9. The monoisotopic (exact) mass is 418 g/mol. The van der Waals surface area contributed by atoms with Crippen LogP contribution >= 0.6 is 15.9 Å². The molecule has 0 saturated carbocycles. The van der Waals surface area contributed by atoms with Gasteiger partial charge in [0.1, 0.15) is 6.61 Å². The van der Waals surface area contributed by atoms with Crippen molar-refractivity contribution in [2.45, 2.75) is 117 Å². The van der Waals surface area contributed by atoms with E-state index in [-0.39, 0.29) is 11.4 Å². The summed E-state index contributed by atoms with van der Waals surface area (Å²) in [5.74, 6) is -0.0540. The maximum absolute atomic E-state index is 11.9. The van der Waals surface area contributed by atoms with Crippen molar-refractivity contribution >= 4 is 21.9 Å². The van der Waals surface area contributed by atoms with Crippen LogP contribution in [0.15, 0.2) is 0 Å². The Bertz CT molecular complexity index is 302. The molecular formula is C22H43BrO2. The van der Waals surface area contributed by atoms with Gasteiger partial charge in [-0.1, -0.05) is 113 Å². The molecule has 0 heterocycles. The molecule has 0 aromatic heterocycles. The number of alkyl halides is 1. The molecule has 0 rings (SSSR count). The fourth-order valence-electron chi connectivity index (χ4n) is 3.19. The van der Waals surface area contributed by atoms with Crippen molar-refractivity contribution in [3.63, 3.8) is 0 Å². The molecule has 0 aliphatic rings. The van der Waals surface area contributed by atoms with E-state index in [1.807, 2.05) is 13.8 Å². The molecule has 0 unspecified atom stereocenters. The van der Waals surface area contributed by atoms with E-state index < -0.39 is 0 Å². The summed E-state index contributed by atoms with van der Waals surface area (Å²) in [6, 6.07) is 0. The average Bonchev–Trinajstić information content (AvgIpc) is 2.59. The topological polar surface area (TPSA) is 26.3 Å². The van der Waals surface area contributed by atoms with Crippen molar-refractivity contribution in [2.75, 3.05) is 11.9 Å². The molecule has 0 aliphatic carbocycles. The molecule has 0 bridgehead atoms. The zero-order chi connectivity index (χ0) is 18.8. The average molecular weight is 419 g/mol. The quantitative estimate of drug-likeness (QED) is 0.129. The van der Waals surface area contributed by atoms with Crippen LogP contribution in [0.1, 0.15) is 117 Å². The molecule has 0 aromatic carbocycles. The minimum atomic E-state index is -0.334. The van der Waals surface area contributed by atoms with Gasteiger partial charge in [-0.2, -0.15) is 0 Å². The molecule has 0 aliphatic heterocycles. The number of hydrogen-bond donors (Lipinski definition) is 0. The predicted molar refractivity (Wildman–Crippen MR) is 113 cm³/mol. The Balaban J connectivity index is 3.34. The number of carbonyl (C=O) groups excluding carboxylic acids is 1. The van der Waals surface area contributed by atoms with Crippen molar-refractivity contribution < 1.29 is 9.53 Å². The molecule has 0 saturated heterocycles. The largest absolute Gasteiger partial charge is 0.464 e. The molecule has 25 heavy (non-hydrogen) atoms. The molecule has 0 N–H and O–H groups in total. The minimum Gasteiger partial charge on any atom is -0.464 e. The molecule has 150 valence electrons. The van der Waals surface area contributed by atoms with Crippen LogP contribution in [0.25, 0.3) is 0 Å². The van der Waals surface area contributed by atoms with Gasteiger partial charge in [0.15, 0.2) is 0 Å². The second kappa shape index (κ2) is 17.4. The lowest BCUT2D eigenvalue weighted by molar-refractivity contribution is -0.153. The highest BCUT2D eigenvalue weighted by Crippen LogP contribution is 2.26. The number of ether oxygens (including phenoxy) is 1. The van der Waals surface area contributed by atoms with Crippen LogP contribution in [0.3, 0.4) is 0 Å². The third-order valence-electron chi connectivity index (χ3n) is 5.02. The predicted octanol–water partition coefficient (Wildman–Crippen LogP) is 7.82. The van der Waals surface area contributed by atoms with Crippen LogP contribution in [0.2, 0.25) is 0 Å².